The highest BCUT2D eigenvalue weighted by Gasteiger charge is 2.31. The van der Waals surface area contributed by atoms with Crippen molar-refractivity contribution in [1.82, 2.24) is 24.9 Å². The maximum Gasteiger partial charge on any atom is 0.419 e. The zero-order chi connectivity index (χ0) is 14.3. The number of rotatable bonds is 1. The second-order valence-electron chi connectivity index (χ2n) is 3.98. The summed E-state index contributed by atoms with van der Waals surface area (Å²) in [5.74, 6) is 0.320. The van der Waals surface area contributed by atoms with Gasteiger partial charge < -0.3 is 10.7 Å². The molecule has 3 aromatic rings. The molecule has 0 spiro atoms. The van der Waals surface area contributed by atoms with Gasteiger partial charge in [-0.25, -0.2) is 19.9 Å². The monoisotopic (exact) mass is 280 g/mol. The van der Waals surface area contributed by atoms with Crippen molar-refractivity contribution in [3.05, 3.63) is 30.5 Å². The molecule has 3 N–H and O–H groups in total. The summed E-state index contributed by atoms with van der Waals surface area (Å²) < 4.78 is 37.4. The maximum absolute atomic E-state index is 12.5. The van der Waals surface area contributed by atoms with Gasteiger partial charge in [-0.05, 0) is 0 Å². The average Bonchev–Trinajstić information content (AvgIpc) is 2.83. The number of anilines is 1. The summed E-state index contributed by atoms with van der Waals surface area (Å²) in [7, 11) is 0. The topological polar surface area (TPSA) is 93.4 Å². The lowest BCUT2D eigenvalue weighted by atomic mass is 10.2. The molecule has 0 amide bonds. The number of fused-ring (bicyclic) bond motifs is 1. The van der Waals surface area contributed by atoms with Crippen LogP contribution in [0.1, 0.15) is 5.56 Å². The van der Waals surface area contributed by atoms with Crippen LogP contribution in [0.4, 0.5) is 19.0 Å². The first kappa shape index (κ1) is 12.3. The first-order chi connectivity index (χ1) is 9.47. The van der Waals surface area contributed by atoms with E-state index in [1.807, 2.05) is 0 Å². The second kappa shape index (κ2) is 4.15. The third-order valence-electron chi connectivity index (χ3n) is 2.72. The molecule has 6 nitrogen and oxygen atoms in total. The number of hydrogen-bond donors (Lipinski definition) is 2. The van der Waals surface area contributed by atoms with Gasteiger partial charge in [-0.2, -0.15) is 13.2 Å². The minimum atomic E-state index is -4.47. The van der Waals surface area contributed by atoms with Gasteiger partial charge in [0.15, 0.2) is 5.82 Å². The molecular weight excluding hydrogens is 273 g/mol. The van der Waals surface area contributed by atoms with Gasteiger partial charge in [-0.3, -0.25) is 0 Å². The Morgan fingerprint density at radius 3 is 2.40 bits per heavy atom. The van der Waals surface area contributed by atoms with Gasteiger partial charge in [-0.15, -0.1) is 0 Å². The molecule has 0 aliphatic heterocycles. The molecule has 0 saturated heterocycles. The fourth-order valence-electron chi connectivity index (χ4n) is 1.78. The summed E-state index contributed by atoms with van der Waals surface area (Å²) in [6, 6.07) is 0. The van der Waals surface area contributed by atoms with Crippen LogP contribution in [0.15, 0.2) is 24.9 Å². The number of alkyl halides is 3. The maximum atomic E-state index is 12.5. The number of nitrogens with one attached hydrogen (secondary N) is 1. The Bertz CT molecular complexity index is 762. The Labute approximate surface area is 109 Å². The van der Waals surface area contributed by atoms with Crippen molar-refractivity contribution in [2.45, 2.75) is 6.18 Å². The summed E-state index contributed by atoms with van der Waals surface area (Å²) in [6.45, 7) is 0. The van der Waals surface area contributed by atoms with Gasteiger partial charge >= 0.3 is 6.18 Å². The molecule has 0 fully saturated rings. The lowest BCUT2D eigenvalue weighted by Gasteiger charge is -2.05. The lowest BCUT2D eigenvalue weighted by molar-refractivity contribution is -0.138. The molecule has 9 heteroatoms. The highest BCUT2D eigenvalue weighted by molar-refractivity contribution is 5.98. The molecule has 0 atom stereocenters. The largest absolute Gasteiger partial charge is 0.419 e. The molecule has 3 rings (SSSR count). The molecule has 0 radical (unpaired) electrons. The van der Waals surface area contributed by atoms with Gasteiger partial charge in [0.1, 0.15) is 17.8 Å². The SMILES string of the molecule is Nc1ncnc2[nH]cc(-c3ncc(C(F)(F)F)cn3)c12. The first-order valence-electron chi connectivity index (χ1n) is 5.44. The average molecular weight is 280 g/mol. The summed E-state index contributed by atoms with van der Waals surface area (Å²) in [5, 5.41) is 0.479. The molecule has 102 valence electrons. The van der Waals surface area contributed by atoms with Crippen molar-refractivity contribution in [1.29, 1.82) is 0 Å². The van der Waals surface area contributed by atoms with E-state index in [9.17, 15) is 13.2 Å². The normalized spacial score (nSPS) is 11.9. The van der Waals surface area contributed by atoms with Crippen LogP contribution >= 0.6 is 0 Å². The molecule has 0 bridgehead atoms. The Balaban J connectivity index is 2.12. The minimum Gasteiger partial charge on any atom is -0.383 e. The van der Waals surface area contributed by atoms with E-state index in [-0.39, 0.29) is 11.6 Å². The number of nitrogens with zero attached hydrogens (tertiary/aromatic N) is 4. The van der Waals surface area contributed by atoms with Crippen molar-refractivity contribution >= 4 is 16.9 Å². The van der Waals surface area contributed by atoms with E-state index in [1.165, 1.54) is 12.5 Å². The van der Waals surface area contributed by atoms with Crippen LogP contribution in [0.3, 0.4) is 0 Å². The standard InChI is InChI=1S/C11H7F3N6/c12-11(13,14)5-1-16-9(17-2-5)6-3-18-10-7(6)8(15)19-4-20-10/h1-4H,(H3,15,18,19,20). The van der Waals surface area contributed by atoms with Gasteiger partial charge in [0, 0.05) is 24.2 Å². The van der Waals surface area contributed by atoms with E-state index in [0.29, 0.717) is 16.6 Å². The Hall–Kier alpha value is -2.71. The highest BCUT2D eigenvalue weighted by atomic mass is 19.4. The zero-order valence-corrected chi connectivity index (χ0v) is 9.81. The summed E-state index contributed by atoms with van der Waals surface area (Å²) in [6.07, 6.45) is -0.215. The Morgan fingerprint density at radius 2 is 1.75 bits per heavy atom. The van der Waals surface area contributed by atoms with E-state index < -0.39 is 11.7 Å². The van der Waals surface area contributed by atoms with Crippen LogP contribution in [-0.2, 0) is 6.18 Å². The van der Waals surface area contributed by atoms with Crippen LogP contribution in [0.2, 0.25) is 0 Å². The Morgan fingerprint density at radius 1 is 1.05 bits per heavy atom. The number of aromatic nitrogens is 5. The fourth-order valence-corrected chi connectivity index (χ4v) is 1.78. The Kier molecular flexibility index (Phi) is 2.56. The molecule has 0 unspecified atom stereocenters. The highest BCUT2D eigenvalue weighted by Crippen LogP contribution is 2.31. The molecule has 0 aliphatic rings. The molecular formula is C11H7F3N6. The van der Waals surface area contributed by atoms with Crippen LogP contribution in [0.5, 0.6) is 0 Å². The van der Waals surface area contributed by atoms with Gasteiger partial charge in [0.25, 0.3) is 0 Å². The predicted molar refractivity (Wildman–Crippen MR) is 64.3 cm³/mol. The smallest absolute Gasteiger partial charge is 0.383 e. The van der Waals surface area contributed by atoms with Crippen molar-refractivity contribution in [2.24, 2.45) is 0 Å². The van der Waals surface area contributed by atoms with Crippen molar-refractivity contribution in [3.63, 3.8) is 0 Å². The summed E-state index contributed by atoms with van der Waals surface area (Å²) >= 11 is 0. The number of nitrogens with two attached hydrogens (primary N) is 1. The molecule has 0 aromatic carbocycles. The van der Waals surface area contributed by atoms with Gasteiger partial charge in [-0.1, -0.05) is 0 Å². The van der Waals surface area contributed by atoms with E-state index in [0.717, 1.165) is 12.4 Å². The molecule has 0 saturated carbocycles. The van der Waals surface area contributed by atoms with Crippen LogP contribution in [-0.4, -0.2) is 24.9 Å². The quantitative estimate of drug-likeness (QED) is 0.711. The lowest BCUT2D eigenvalue weighted by Crippen LogP contribution is -2.06. The molecule has 3 aromatic heterocycles. The van der Waals surface area contributed by atoms with Gasteiger partial charge in [0.2, 0.25) is 0 Å². The van der Waals surface area contributed by atoms with Crippen molar-refractivity contribution in [2.75, 3.05) is 5.73 Å². The summed E-state index contributed by atoms with van der Waals surface area (Å²) in [4.78, 5) is 18.1. The minimum absolute atomic E-state index is 0.116. The van der Waals surface area contributed by atoms with E-state index in [2.05, 4.69) is 24.9 Å². The number of H-pyrrole nitrogens is 1. The van der Waals surface area contributed by atoms with E-state index in [1.54, 1.807) is 0 Å². The van der Waals surface area contributed by atoms with Crippen LogP contribution in [0, 0.1) is 0 Å². The second-order valence-corrected chi connectivity index (χ2v) is 3.98. The first-order valence-corrected chi connectivity index (χ1v) is 5.44. The number of halogens is 3. The predicted octanol–water partition coefficient (Wildman–Crippen LogP) is 2.02. The van der Waals surface area contributed by atoms with E-state index in [4.69, 9.17) is 5.73 Å². The zero-order valence-electron chi connectivity index (χ0n) is 9.81. The van der Waals surface area contributed by atoms with Crippen molar-refractivity contribution in [3.8, 4) is 11.4 Å². The van der Waals surface area contributed by atoms with Crippen molar-refractivity contribution < 1.29 is 13.2 Å². The van der Waals surface area contributed by atoms with E-state index >= 15 is 0 Å². The number of aromatic amines is 1. The number of hydrogen-bond acceptors (Lipinski definition) is 5. The third-order valence-corrected chi connectivity index (χ3v) is 2.72. The van der Waals surface area contributed by atoms with Gasteiger partial charge in [0.05, 0.1) is 10.9 Å². The molecule has 3 heterocycles. The third kappa shape index (κ3) is 1.92. The fraction of sp³-hybridized carbons (Fsp3) is 0.0909. The van der Waals surface area contributed by atoms with Crippen LogP contribution < -0.4 is 5.73 Å². The molecule has 0 aliphatic carbocycles. The molecule has 20 heavy (non-hydrogen) atoms. The van der Waals surface area contributed by atoms with Crippen LogP contribution in [0.25, 0.3) is 22.4 Å². The number of nitrogen functional groups attached to an aromatic ring is 1. The summed E-state index contributed by atoms with van der Waals surface area (Å²) in [5.41, 5.74) is 5.74.